The monoisotopic (exact) mass is 268 g/mol. The second-order valence-corrected chi connectivity index (χ2v) is 6.17. The van der Waals surface area contributed by atoms with E-state index in [2.05, 4.69) is 23.6 Å². The second-order valence-electron chi connectivity index (χ2n) is 5.03. The first-order valence-electron chi connectivity index (χ1n) is 6.77. The van der Waals surface area contributed by atoms with Gasteiger partial charge >= 0.3 is 0 Å². The molecule has 0 saturated heterocycles. The highest BCUT2D eigenvalue weighted by Crippen LogP contribution is 2.31. The average molecular weight is 268 g/mol. The first kappa shape index (κ1) is 13.6. The summed E-state index contributed by atoms with van der Waals surface area (Å²) in [6.45, 7) is 4.93. The third kappa shape index (κ3) is 2.76. The van der Waals surface area contributed by atoms with Gasteiger partial charge in [-0.05, 0) is 39.4 Å². The van der Waals surface area contributed by atoms with Crippen molar-refractivity contribution in [3.05, 3.63) is 5.69 Å². The molecule has 18 heavy (non-hydrogen) atoms. The highest BCUT2D eigenvalue weighted by atomic mass is 32.2. The van der Waals surface area contributed by atoms with Crippen molar-refractivity contribution in [3.63, 3.8) is 0 Å². The van der Waals surface area contributed by atoms with Crippen LogP contribution in [0.25, 0.3) is 0 Å². The van der Waals surface area contributed by atoms with Crippen LogP contribution in [0.3, 0.4) is 0 Å². The van der Waals surface area contributed by atoms with Gasteiger partial charge in [0, 0.05) is 17.8 Å². The van der Waals surface area contributed by atoms with Crippen molar-refractivity contribution in [3.8, 4) is 0 Å². The minimum Gasteiger partial charge on any atom is -0.394 e. The lowest BCUT2D eigenvalue weighted by Gasteiger charge is -2.29. The number of rotatable bonds is 4. The molecule has 0 aromatic carbocycles. The van der Waals surface area contributed by atoms with Crippen LogP contribution in [0.1, 0.15) is 38.3 Å². The summed E-state index contributed by atoms with van der Waals surface area (Å²) < 4.78 is 1.98. The average Bonchev–Trinajstić information content (AvgIpc) is 2.67. The molecule has 1 aromatic heterocycles. The molecule has 2 atom stereocenters. The lowest BCUT2D eigenvalue weighted by Crippen LogP contribution is -2.29. The van der Waals surface area contributed by atoms with Gasteiger partial charge in [-0.15, -0.1) is 0 Å². The Bertz CT molecular complexity index is 402. The van der Waals surface area contributed by atoms with Crippen LogP contribution in [0, 0.1) is 6.92 Å². The van der Waals surface area contributed by atoms with Crippen LogP contribution >= 0.6 is 11.8 Å². The SMILES string of the molecule is CCn1nc(C)c(N)c1NC1CCCC(SC)C1. The molecular formula is C13H24N4S. The Hall–Kier alpha value is -0.840. The maximum atomic E-state index is 6.11. The first-order valence-corrected chi connectivity index (χ1v) is 8.06. The lowest BCUT2D eigenvalue weighted by molar-refractivity contribution is 0.469. The molecule has 0 aliphatic heterocycles. The van der Waals surface area contributed by atoms with E-state index in [1.54, 1.807) is 0 Å². The summed E-state index contributed by atoms with van der Waals surface area (Å²) in [4.78, 5) is 0. The summed E-state index contributed by atoms with van der Waals surface area (Å²) in [5.74, 6) is 1.02. The fourth-order valence-corrected chi connectivity index (χ4v) is 3.49. The third-order valence-corrected chi connectivity index (χ3v) is 4.87. The molecule has 0 spiro atoms. The highest BCUT2D eigenvalue weighted by Gasteiger charge is 2.23. The van der Waals surface area contributed by atoms with Gasteiger partial charge in [-0.1, -0.05) is 6.42 Å². The summed E-state index contributed by atoms with van der Waals surface area (Å²) in [5, 5.41) is 8.86. The van der Waals surface area contributed by atoms with Gasteiger partial charge in [0.1, 0.15) is 5.82 Å². The van der Waals surface area contributed by atoms with E-state index in [1.165, 1.54) is 25.7 Å². The molecule has 1 aliphatic rings. The Balaban J connectivity index is 2.08. The maximum absolute atomic E-state index is 6.11. The van der Waals surface area contributed by atoms with Crippen molar-refractivity contribution in [1.82, 2.24) is 9.78 Å². The van der Waals surface area contributed by atoms with Gasteiger partial charge in [0.15, 0.2) is 0 Å². The van der Waals surface area contributed by atoms with Crippen molar-refractivity contribution in [2.24, 2.45) is 0 Å². The molecule has 1 saturated carbocycles. The Labute approximate surface area is 114 Å². The molecule has 1 aromatic rings. The summed E-state index contributed by atoms with van der Waals surface area (Å²) >= 11 is 1.99. The number of nitrogens with two attached hydrogens (primary N) is 1. The fraction of sp³-hybridized carbons (Fsp3) is 0.769. The molecule has 102 valence electrons. The summed E-state index contributed by atoms with van der Waals surface area (Å²) in [6.07, 6.45) is 7.34. The standard InChI is InChI=1S/C13H24N4S/c1-4-17-13(12(14)9(2)16-17)15-10-6-5-7-11(8-10)18-3/h10-11,15H,4-8,14H2,1-3H3. The summed E-state index contributed by atoms with van der Waals surface area (Å²) in [6, 6.07) is 0.542. The molecular weight excluding hydrogens is 244 g/mol. The zero-order chi connectivity index (χ0) is 13.1. The topological polar surface area (TPSA) is 55.9 Å². The van der Waals surface area contributed by atoms with Crippen LogP contribution in [-0.2, 0) is 6.54 Å². The van der Waals surface area contributed by atoms with E-state index >= 15 is 0 Å². The number of nitrogen functional groups attached to an aromatic ring is 1. The molecule has 4 nitrogen and oxygen atoms in total. The van der Waals surface area contributed by atoms with E-state index in [4.69, 9.17) is 5.73 Å². The predicted octanol–water partition coefficient (Wildman–Crippen LogP) is 2.88. The van der Waals surface area contributed by atoms with Gasteiger partial charge in [0.2, 0.25) is 0 Å². The van der Waals surface area contributed by atoms with Gasteiger partial charge in [-0.2, -0.15) is 16.9 Å². The number of nitrogens with one attached hydrogen (secondary N) is 1. The number of thioether (sulfide) groups is 1. The molecule has 0 radical (unpaired) electrons. The van der Waals surface area contributed by atoms with E-state index in [1.807, 2.05) is 23.4 Å². The van der Waals surface area contributed by atoms with Crippen molar-refractivity contribution in [1.29, 1.82) is 0 Å². The number of nitrogens with zero attached hydrogens (tertiary/aromatic N) is 2. The molecule has 1 aliphatic carbocycles. The normalized spacial score (nSPS) is 24.2. The van der Waals surface area contributed by atoms with Crippen molar-refractivity contribution < 1.29 is 0 Å². The van der Waals surface area contributed by atoms with Crippen LogP contribution in [0.5, 0.6) is 0 Å². The first-order chi connectivity index (χ1) is 8.65. The van der Waals surface area contributed by atoms with E-state index in [9.17, 15) is 0 Å². The molecule has 5 heteroatoms. The minimum atomic E-state index is 0.542. The third-order valence-electron chi connectivity index (χ3n) is 3.77. The molecule has 0 amide bonds. The van der Waals surface area contributed by atoms with E-state index in [0.29, 0.717) is 6.04 Å². The van der Waals surface area contributed by atoms with Gasteiger partial charge < -0.3 is 11.1 Å². The number of aryl methyl sites for hydroxylation is 2. The van der Waals surface area contributed by atoms with Crippen molar-refractivity contribution in [2.75, 3.05) is 17.3 Å². The molecule has 2 rings (SSSR count). The van der Waals surface area contributed by atoms with Crippen LogP contribution in [0.2, 0.25) is 0 Å². The van der Waals surface area contributed by atoms with Gasteiger partial charge in [-0.25, -0.2) is 4.68 Å². The second kappa shape index (κ2) is 5.87. The largest absolute Gasteiger partial charge is 0.394 e. The highest BCUT2D eigenvalue weighted by molar-refractivity contribution is 7.99. The van der Waals surface area contributed by atoms with E-state index in [0.717, 1.165) is 29.0 Å². The quantitative estimate of drug-likeness (QED) is 0.881. The van der Waals surface area contributed by atoms with Crippen LogP contribution in [0.4, 0.5) is 11.5 Å². The molecule has 1 heterocycles. The van der Waals surface area contributed by atoms with Gasteiger partial charge in [-0.3, -0.25) is 0 Å². The maximum Gasteiger partial charge on any atom is 0.148 e. The Morgan fingerprint density at radius 3 is 2.94 bits per heavy atom. The number of hydrogen-bond donors (Lipinski definition) is 2. The summed E-state index contributed by atoms with van der Waals surface area (Å²) in [7, 11) is 0. The number of aromatic nitrogens is 2. The molecule has 0 bridgehead atoms. The fourth-order valence-electron chi connectivity index (χ4n) is 2.66. The smallest absolute Gasteiger partial charge is 0.148 e. The number of hydrogen-bond acceptors (Lipinski definition) is 4. The summed E-state index contributed by atoms with van der Waals surface area (Å²) in [5.41, 5.74) is 7.85. The zero-order valence-electron chi connectivity index (χ0n) is 11.6. The van der Waals surface area contributed by atoms with E-state index < -0.39 is 0 Å². The Kier molecular flexibility index (Phi) is 4.43. The van der Waals surface area contributed by atoms with Crippen LogP contribution in [-0.4, -0.2) is 27.3 Å². The molecule has 2 unspecified atom stereocenters. The van der Waals surface area contributed by atoms with Gasteiger partial charge in [0.25, 0.3) is 0 Å². The predicted molar refractivity (Wildman–Crippen MR) is 80.2 cm³/mol. The van der Waals surface area contributed by atoms with E-state index in [-0.39, 0.29) is 0 Å². The van der Waals surface area contributed by atoms with Crippen LogP contribution in [0.15, 0.2) is 0 Å². The molecule has 3 N–H and O–H groups in total. The lowest BCUT2D eigenvalue weighted by atomic mass is 9.95. The number of anilines is 2. The van der Waals surface area contributed by atoms with Crippen LogP contribution < -0.4 is 11.1 Å². The molecule has 1 fully saturated rings. The Morgan fingerprint density at radius 1 is 1.50 bits per heavy atom. The van der Waals surface area contributed by atoms with Crippen molar-refractivity contribution >= 4 is 23.3 Å². The zero-order valence-corrected chi connectivity index (χ0v) is 12.4. The minimum absolute atomic E-state index is 0.542. The van der Waals surface area contributed by atoms with Gasteiger partial charge in [0.05, 0.1) is 11.4 Å². The van der Waals surface area contributed by atoms with Crippen molar-refractivity contribution in [2.45, 2.75) is 57.4 Å². The Morgan fingerprint density at radius 2 is 2.28 bits per heavy atom.